The van der Waals surface area contributed by atoms with E-state index in [9.17, 15) is 0 Å². The molecule has 0 saturated heterocycles. The lowest BCUT2D eigenvalue weighted by atomic mass is 10.2. The van der Waals surface area contributed by atoms with Crippen molar-refractivity contribution in [2.45, 2.75) is 6.92 Å². The van der Waals surface area contributed by atoms with Crippen LogP contribution in [0.15, 0.2) is 97.1 Å². The van der Waals surface area contributed by atoms with Crippen molar-refractivity contribution in [1.82, 2.24) is 0 Å². The SMILES string of the molecule is COc1ccc(Oc2ccc(Oc3ccc(Oc4ccccc4C)cc3)cc2)cc1. The molecule has 150 valence electrons. The molecule has 0 unspecified atom stereocenters. The van der Waals surface area contributed by atoms with Gasteiger partial charge in [0.05, 0.1) is 7.11 Å². The van der Waals surface area contributed by atoms with E-state index in [1.807, 2.05) is 104 Å². The molecule has 0 amide bonds. The van der Waals surface area contributed by atoms with E-state index in [2.05, 4.69) is 0 Å². The van der Waals surface area contributed by atoms with Crippen LogP contribution in [0, 0.1) is 6.92 Å². The minimum Gasteiger partial charge on any atom is -0.497 e. The Kier molecular flexibility index (Phi) is 5.85. The summed E-state index contributed by atoms with van der Waals surface area (Å²) in [7, 11) is 1.64. The maximum absolute atomic E-state index is 5.92. The zero-order chi connectivity index (χ0) is 20.8. The molecule has 0 atom stereocenters. The first-order valence-electron chi connectivity index (χ1n) is 9.63. The van der Waals surface area contributed by atoms with Gasteiger partial charge in [-0.15, -0.1) is 0 Å². The van der Waals surface area contributed by atoms with Gasteiger partial charge >= 0.3 is 0 Å². The van der Waals surface area contributed by atoms with E-state index in [1.54, 1.807) is 7.11 Å². The van der Waals surface area contributed by atoms with Gasteiger partial charge in [-0.05, 0) is 91.3 Å². The highest BCUT2D eigenvalue weighted by molar-refractivity contribution is 5.42. The van der Waals surface area contributed by atoms with Crippen molar-refractivity contribution in [3.63, 3.8) is 0 Å². The molecule has 0 bridgehead atoms. The minimum absolute atomic E-state index is 0.727. The van der Waals surface area contributed by atoms with Gasteiger partial charge < -0.3 is 18.9 Å². The molecule has 0 spiro atoms. The van der Waals surface area contributed by atoms with Gasteiger partial charge in [-0.25, -0.2) is 0 Å². The summed E-state index contributed by atoms with van der Waals surface area (Å²) in [5.41, 5.74) is 1.09. The second-order valence-corrected chi connectivity index (χ2v) is 6.69. The highest BCUT2D eigenvalue weighted by atomic mass is 16.5. The number of ether oxygens (including phenoxy) is 4. The Bertz CT molecular complexity index is 1090. The molecule has 4 rings (SSSR count). The van der Waals surface area contributed by atoms with Gasteiger partial charge in [0.15, 0.2) is 0 Å². The summed E-state index contributed by atoms with van der Waals surface area (Å²) in [4.78, 5) is 0. The molecule has 0 saturated carbocycles. The van der Waals surface area contributed by atoms with Gasteiger partial charge in [0.2, 0.25) is 0 Å². The van der Waals surface area contributed by atoms with Crippen molar-refractivity contribution in [1.29, 1.82) is 0 Å². The van der Waals surface area contributed by atoms with E-state index in [1.165, 1.54) is 0 Å². The number of rotatable bonds is 7. The van der Waals surface area contributed by atoms with Gasteiger partial charge in [0, 0.05) is 0 Å². The summed E-state index contributed by atoms with van der Waals surface area (Å²) in [6.45, 7) is 2.02. The van der Waals surface area contributed by atoms with Crippen LogP contribution in [0.3, 0.4) is 0 Å². The first-order chi connectivity index (χ1) is 14.7. The normalized spacial score (nSPS) is 10.3. The summed E-state index contributed by atoms with van der Waals surface area (Å²) >= 11 is 0. The van der Waals surface area contributed by atoms with Crippen LogP contribution in [0.2, 0.25) is 0 Å². The Morgan fingerprint density at radius 1 is 0.433 bits per heavy atom. The quantitative estimate of drug-likeness (QED) is 0.325. The number of hydrogen-bond acceptors (Lipinski definition) is 4. The largest absolute Gasteiger partial charge is 0.497 e. The molecule has 4 aromatic rings. The van der Waals surface area contributed by atoms with Crippen molar-refractivity contribution in [2.24, 2.45) is 0 Å². The third kappa shape index (κ3) is 4.92. The number of hydrogen-bond donors (Lipinski definition) is 0. The minimum atomic E-state index is 0.727. The van der Waals surface area contributed by atoms with Crippen molar-refractivity contribution < 1.29 is 18.9 Å². The fourth-order valence-electron chi connectivity index (χ4n) is 2.87. The maximum Gasteiger partial charge on any atom is 0.130 e. The predicted molar refractivity (Wildman–Crippen MR) is 117 cm³/mol. The maximum atomic E-state index is 5.92. The lowest BCUT2D eigenvalue weighted by Gasteiger charge is -2.10. The fourth-order valence-corrected chi connectivity index (χ4v) is 2.87. The van der Waals surface area contributed by atoms with E-state index in [-0.39, 0.29) is 0 Å². The topological polar surface area (TPSA) is 36.9 Å². The summed E-state index contributed by atoms with van der Waals surface area (Å²) in [5.74, 6) is 5.34. The molecule has 0 aromatic heterocycles. The first kappa shape index (κ1) is 19.4. The second-order valence-electron chi connectivity index (χ2n) is 6.69. The van der Waals surface area contributed by atoms with Crippen molar-refractivity contribution in [3.8, 4) is 40.2 Å². The van der Waals surface area contributed by atoms with Crippen LogP contribution in [0.5, 0.6) is 40.2 Å². The Morgan fingerprint density at radius 2 is 0.800 bits per heavy atom. The smallest absolute Gasteiger partial charge is 0.130 e. The van der Waals surface area contributed by atoms with E-state index >= 15 is 0 Å². The predicted octanol–water partition coefficient (Wildman–Crippen LogP) is 7.38. The summed E-state index contributed by atoms with van der Waals surface area (Å²) in [5, 5.41) is 0. The average Bonchev–Trinajstić information content (AvgIpc) is 2.78. The molecule has 0 aliphatic rings. The second kappa shape index (κ2) is 9.05. The molecule has 4 nitrogen and oxygen atoms in total. The monoisotopic (exact) mass is 398 g/mol. The molecule has 0 heterocycles. The van der Waals surface area contributed by atoms with Crippen LogP contribution in [-0.4, -0.2) is 7.11 Å². The molecule has 0 fully saturated rings. The van der Waals surface area contributed by atoms with Crippen LogP contribution in [0.4, 0.5) is 0 Å². The summed E-state index contributed by atoms with van der Waals surface area (Å²) in [6, 6.07) is 30.4. The molecule has 0 N–H and O–H groups in total. The number of benzene rings is 4. The third-order valence-electron chi connectivity index (χ3n) is 4.50. The molecule has 0 aliphatic carbocycles. The van der Waals surface area contributed by atoms with Crippen molar-refractivity contribution in [3.05, 3.63) is 103 Å². The van der Waals surface area contributed by atoms with E-state index in [4.69, 9.17) is 18.9 Å². The van der Waals surface area contributed by atoms with Crippen LogP contribution in [0.1, 0.15) is 5.56 Å². The summed E-state index contributed by atoms with van der Waals surface area (Å²) in [6.07, 6.45) is 0. The van der Waals surface area contributed by atoms with E-state index in [0.29, 0.717) is 0 Å². The highest BCUT2D eigenvalue weighted by Gasteiger charge is 2.03. The Balaban J connectivity index is 1.36. The van der Waals surface area contributed by atoms with Crippen LogP contribution < -0.4 is 18.9 Å². The number of methoxy groups -OCH3 is 1. The average molecular weight is 398 g/mol. The lowest BCUT2D eigenvalue weighted by molar-refractivity contribution is 0.413. The molecule has 4 heteroatoms. The fraction of sp³-hybridized carbons (Fsp3) is 0.0769. The van der Waals surface area contributed by atoms with Crippen molar-refractivity contribution >= 4 is 0 Å². The van der Waals surface area contributed by atoms with Crippen LogP contribution >= 0.6 is 0 Å². The molecular formula is C26H22O4. The Hall–Kier alpha value is -3.92. The van der Waals surface area contributed by atoms with Crippen molar-refractivity contribution in [2.75, 3.05) is 7.11 Å². The zero-order valence-electron chi connectivity index (χ0n) is 16.9. The number of para-hydroxylation sites is 1. The Morgan fingerprint density at radius 3 is 1.20 bits per heavy atom. The first-order valence-corrected chi connectivity index (χ1v) is 9.63. The van der Waals surface area contributed by atoms with Gasteiger partial charge in [-0.2, -0.15) is 0 Å². The van der Waals surface area contributed by atoms with Gasteiger partial charge in [0.1, 0.15) is 40.2 Å². The third-order valence-corrected chi connectivity index (χ3v) is 4.50. The lowest BCUT2D eigenvalue weighted by Crippen LogP contribution is -1.89. The molecule has 0 aliphatic heterocycles. The zero-order valence-corrected chi connectivity index (χ0v) is 16.9. The molecular weight excluding hydrogens is 376 g/mol. The molecule has 0 radical (unpaired) electrons. The summed E-state index contributed by atoms with van der Waals surface area (Å²) < 4.78 is 22.8. The standard InChI is InChI=1S/C26H22O4/c1-19-5-3-4-6-26(19)30-25-17-15-24(16-18-25)29-23-13-11-22(12-14-23)28-21-9-7-20(27-2)8-10-21/h3-18H,1-2H3. The van der Waals surface area contributed by atoms with Gasteiger partial charge in [0.25, 0.3) is 0 Å². The molecule has 4 aromatic carbocycles. The van der Waals surface area contributed by atoms with E-state index < -0.39 is 0 Å². The number of aryl methyl sites for hydroxylation is 1. The highest BCUT2D eigenvalue weighted by Crippen LogP contribution is 2.30. The van der Waals surface area contributed by atoms with Crippen LogP contribution in [0.25, 0.3) is 0 Å². The van der Waals surface area contributed by atoms with E-state index in [0.717, 1.165) is 45.8 Å². The van der Waals surface area contributed by atoms with Gasteiger partial charge in [-0.1, -0.05) is 18.2 Å². The Labute approximate surface area is 176 Å². The molecule has 30 heavy (non-hydrogen) atoms. The van der Waals surface area contributed by atoms with Gasteiger partial charge in [-0.3, -0.25) is 0 Å². The van der Waals surface area contributed by atoms with Crippen LogP contribution in [-0.2, 0) is 0 Å².